The van der Waals surface area contributed by atoms with Gasteiger partial charge in [0.25, 0.3) is 0 Å². The van der Waals surface area contributed by atoms with E-state index in [1.54, 1.807) is 4.90 Å². The molecule has 1 saturated heterocycles. The molecule has 0 unspecified atom stereocenters. The number of aliphatic hydroxyl groups excluding tert-OH is 1. The van der Waals surface area contributed by atoms with E-state index in [2.05, 4.69) is 13.8 Å². The average molecular weight is 215 g/mol. The fraction of sp³-hybridized carbons (Fsp3) is 0.909. The van der Waals surface area contributed by atoms with Crippen LogP contribution in [0.1, 0.15) is 26.7 Å². The molecule has 1 aliphatic heterocycles. The molecule has 0 aromatic rings. The van der Waals surface area contributed by atoms with Crippen LogP contribution < -0.4 is 0 Å². The summed E-state index contributed by atoms with van der Waals surface area (Å²) in [7, 11) is 0. The van der Waals surface area contributed by atoms with Gasteiger partial charge in [-0.2, -0.15) is 0 Å². The van der Waals surface area contributed by atoms with Crippen molar-refractivity contribution in [3.8, 4) is 0 Å². The molecule has 0 aliphatic carbocycles. The summed E-state index contributed by atoms with van der Waals surface area (Å²) in [5.74, 6) is 1.42. The normalized spacial score (nSPS) is 18.3. The molecule has 0 saturated carbocycles. The Morgan fingerprint density at radius 2 is 2.07 bits per heavy atom. The smallest absolute Gasteiger partial charge is 0.409 e. The van der Waals surface area contributed by atoms with Crippen molar-refractivity contribution in [3.63, 3.8) is 0 Å². The molecule has 0 bridgehead atoms. The summed E-state index contributed by atoms with van der Waals surface area (Å²) in [5, 5.41) is 8.53. The Kier molecular flexibility index (Phi) is 4.88. The van der Waals surface area contributed by atoms with Gasteiger partial charge in [-0.15, -0.1) is 0 Å². The van der Waals surface area contributed by atoms with E-state index < -0.39 is 0 Å². The van der Waals surface area contributed by atoms with E-state index in [0.717, 1.165) is 31.8 Å². The minimum Gasteiger partial charge on any atom is -0.447 e. The van der Waals surface area contributed by atoms with Crippen LogP contribution in [0, 0.1) is 11.8 Å². The van der Waals surface area contributed by atoms with Gasteiger partial charge in [-0.05, 0) is 24.7 Å². The number of rotatable bonds is 3. The molecule has 0 atom stereocenters. The molecule has 0 aromatic heterocycles. The van der Waals surface area contributed by atoms with Crippen LogP contribution in [-0.4, -0.2) is 42.4 Å². The second kappa shape index (κ2) is 5.95. The van der Waals surface area contributed by atoms with Crippen LogP contribution in [0.5, 0.6) is 0 Å². The van der Waals surface area contributed by atoms with Crippen molar-refractivity contribution in [2.45, 2.75) is 26.7 Å². The predicted molar refractivity (Wildman–Crippen MR) is 57.6 cm³/mol. The van der Waals surface area contributed by atoms with Crippen LogP contribution in [0.2, 0.25) is 0 Å². The summed E-state index contributed by atoms with van der Waals surface area (Å²) in [5.41, 5.74) is 0. The lowest BCUT2D eigenvalue weighted by Crippen LogP contribution is -2.40. The van der Waals surface area contributed by atoms with Crippen molar-refractivity contribution in [1.82, 2.24) is 4.90 Å². The van der Waals surface area contributed by atoms with Crippen molar-refractivity contribution in [3.05, 3.63) is 0 Å². The summed E-state index contributed by atoms with van der Waals surface area (Å²) < 4.78 is 4.86. The molecule has 1 N–H and O–H groups in total. The lowest BCUT2D eigenvalue weighted by atomic mass is 9.87. The zero-order valence-electron chi connectivity index (χ0n) is 9.61. The highest BCUT2D eigenvalue weighted by Gasteiger charge is 2.24. The summed E-state index contributed by atoms with van der Waals surface area (Å²) in [6.45, 7) is 6.02. The maximum Gasteiger partial charge on any atom is 0.409 e. The molecule has 4 heteroatoms. The van der Waals surface area contributed by atoms with Crippen LogP contribution in [0.4, 0.5) is 4.79 Å². The van der Waals surface area contributed by atoms with Crippen molar-refractivity contribution in [1.29, 1.82) is 0 Å². The third-order valence-electron chi connectivity index (χ3n) is 3.06. The van der Waals surface area contributed by atoms with Gasteiger partial charge in [0.2, 0.25) is 0 Å². The minimum absolute atomic E-state index is 0.100. The fourth-order valence-electron chi connectivity index (χ4n) is 1.97. The molecular weight excluding hydrogens is 194 g/mol. The third-order valence-corrected chi connectivity index (χ3v) is 3.06. The molecule has 1 fully saturated rings. The Bertz CT molecular complexity index is 198. The van der Waals surface area contributed by atoms with Crippen LogP contribution >= 0.6 is 0 Å². The number of carbonyl (C=O) groups excluding carboxylic acids is 1. The van der Waals surface area contributed by atoms with Gasteiger partial charge >= 0.3 is 6.09 Å². The second-order valence-electron chi connectivity index (χ2n) is 4.41. The molecule has 0 radical (unpaired) electrons. The van der Waals surface area contributed by atoms with Gasteiger partial charge in [0.05, 0.1) is 6.61 Å². The molecule has 1 aliphatic rings. The van der Waals surface area contributed by atoms with Crippen LogP contribution in [0.25, 0.3) is 0 Å². The van der Waals surface area contributed by atoms with E-state index in [4.69, 9.17) is 9.84 Å². The van der Waals surface area contributed by atoms with Crippen molar-refractivity contribution in [2.24, 2.45) is 11.8 Å². The van der Waals surface area contributed by atoms with Gasteiger partial charge in [-0.3, -0.25) is 0 Å². The summed E-state index contributed by atoms with van der Waals surface area (Å²) in [6.07, 6.45) is 1.84. The lowest BCUT2D eigenvalue weighted by Gasteiger charge is -2.33. The quantitative estimate of drug-likeness (QED) is 0.776. The van der Waals surface area contributed by atoms with Crippen molar-refractivity contribution in [2.75, 3.05) is 26.3 Å². The number of piperidine rings is 1. The first-order valence-electron chi connectivity index (χ1n) is 5.67. The molecule has 0 aromatic carbocycles. The number of hydrogen-bond donors (Lipinski definition) is 1. The first-order valence-corrected chi connectivity index (χ1v) is 5.67. The number of amides is 1. The first kappa shape index (κ1) is 12.3. The summed E-state index contributed by atoms with van der Waals surface area (Å²) in [6, 6.07) is 0. The number of likely N-dealkylation sites (tertiary alicyclic amines) is 1. The Balaban J connectivity index is 2.27. The number of carbonyl (C=O) groups is 1. The number of ether oxygens (including phenoxy) is 1. The average Bonchev–Trinajstić information content (AvgIpc) is 2.26. The van der Waals surface area contributed by atoms with Crippen LogP contribution in [0.15, 0.2) is 0 Å². The summed E-state index contributed by atoms with van der Waals surface area (Å²) >= 11 is 0. The van der Waals surface area contributed by atoms with Crippen LogP contribution in [0.3, 0.4) is 0 Å². The van der Waals surface area contributed by atoms with Crippen molar-refractivity contribution >= 4 is 6.09 Å². The first-order chi connectivity index (χ1) is 7.15. The highest BCUT2D eigenvalue weighted by Crippen LogP contribution is 2.24. The highest BCUT2D eigenvalue weighted by molar-refractivity contribution is 5.67. The number of aliphatic hydroxyl groups is 1. The van der Waals surface area contributed by atoms with Gasteiger partial charge in [0.1, 0.15) is 6.61 Å². The van der Waals surface area contributed by atoms with Gasteiger partial charge in [-0.25, -0.2) is 4.79 Å². The minimum atomic E-state index is -0.286. The Morgan fingerprint density at radius 1 is 1.47 bits per heavy atom. The molecule has 88 valence electrons. The zero-order chi connectivity index (χ0) is 11.3. The molecule has 1 heterocycles. The van der Waals surface area contributed by atoms with Crippen molar-refractivity contribution < 1.29 is 14.6 Å². The number of nitrogens with zero attached hydrogens (tertiary/aromatic N) is 1. The standard InChI is InChI=1S/C11H21NO3/c1-9(2)10-3-5-12(6-4-10)11(14)15-8-7-13/h9-10,13H,3-8H2,1-2H3. The van der Waals surface area contributed by atoms with Gasteiger partial charge in [-0.1, -0.05) is 13.8 Å². The van der Waals surface area contributed by atoms with Gasteiger partial charge < -0.3 is 14.7 Å². The maximum atomic E-state index is 11.4. The number of hydrogen-bond acceptors (Lipinski definition) is 3. The SMILES string of the molecule is CC(C)C1CCN(C(=O)OCCO)CC1. The maximum absolute atomic E-state index is 11.4. The molecular formula is C11H21NO3. The molecule has 1 rings (SSSR count). The largest absolute Gasteiger partial charge is 0.447 e. The summed E-state index contributed by atoms with van der Waals surface area (Å²) in [4.78, 5) is 13.2. The van der Waals surface area contributed by atoms with E-state index in [9.17, 15) is 4.79 Å². The van der Waals surface area contributed by atoms with Crippen LogP contribution in [-0.2, 0) is 4.74 Å². The molecule has 4 nitrogen and oxygen atoms in total. The predicted octanol–water partition coefficient (Wildman–Crippen LogP) is 1.48. The van der Waals surface area contributed by atoms with E-state index in [1.165, 1.54) is 0 Å². The van der Waals surface area contributed by atoms with Gasteiger partial charge in [0.15, 0.2) is 0 Å². The second-order valence-corrected chi connectivity index (χ2v) is 4.41. The van der Waals surface area contributed by atoms with E-state index >= 15 is 0 Å². The van der Waals surface area contributed by atoms with E-state index in [1.807, 2.05) is 0 Å². The highest BCUT2D eigenvalue weighted by atomic mass is 16.6. The third kappa shape index (κ3) is 3.70. The monoisotopic (exact) mass is 215 g/mol. The molecule has 1 amide bonds. The fourth-order valence-corrected chi connectivity index (χ4v) is 1.97. The molecule has 0 spiro atoms. The Morgan fingerprint density at radius 3 is 2.53 bits per heavy atom. The lowest BCUT2D eigenvalue weighted by molar-refractivity contribution is 0.0692. The Hall–Kier alpha value is -0.770. The Labute approximate surface area is 91.2 Å². The van der Waals surface area contributed by atoms with E-state index in [-0.39, 0.29) is 19.3 Å². The van der Waals surface area contributed by atoms with Gasteiger partial charge in [0, 0.05) is 13.1 Å². The zero-order valence-corrected chi connectivity index (χ0v) is 9.61. The molecule has 15 heavy (non-hydrogen) atoms. The topological polar surface area (TPSA) is 49.8 Å². The van der Waals surface area contributed by atoms with E-state index in [0.29, 0.717) is 5.92 Å².